The molecule has 98 valence electrons. The molecule has 0 bridgehead atoms. The molecule has 3 rings (SSSR count). The Bertz CT molecular complexity index is 662. The molecule has 7 nitrogen and oxygen atoms in total. The number of nitrogens with two attached hydrogens (primary N) is 1. The Morgan fingerprint density at radius 1 is 1.32 bits per heavy atom. The molecule has 3 unspecified atom stereocenters. The predicted molar refractivity (Wildman–Crippen MR) is 67.7 cm³/mol. The van der Waals surface area contributed by atoms with Crippen LogP contribution < -0.4 is 5.73 Å². The van der Waals surface area contributed by atoms with Crippen molar-refractivity contribution in [3.05, 3.63) is 12.7 Å². The summed E-state index contributed by atoms with van der Waals surface area (Å²) in [4.78, 5) is 12.1. The van der Waals surface area contributed by atoms with E-state index < -0.39 is 12.2 Å². The number of aliphatic hydroxyl groups excluding tert-OH is 2. The lowest BCUT2D eigenvalue weighted by molar-refractivity contribution is 0.0150. The van der Waals surface area contributed by atoms with E-state index in [2.05, 4.69) is 20.9 Å². The van der Waals surface area contributed by atoms with Gasteiger partial charge >= 0.3 is 0 Å². The lowest BCUT2D eigenvalue weighted by Gasteiger charge is -2.17. The van der Waals surface area contributed by atoms with Crippen molar-refractivity contribution in [3.63, 3.8) is 0 Å². The van der Waals surface area contributed by atoms with E-state index in [-0.39, 0.29) is 17.8 Å². The van der Waals surface area contributed by atoms with Crippen molar-refractivity contribution < 1.29 is 10.2 Å². The van der Waals surface area contributed by atoms with E-state index in [4.69, 9.17) is 12.2 Å². The molecule has 19 heavy (non-hydrogen) atoms. The summed E-state index contributed by atoms with van der Waals surface area (Å²) in [5.74, 6) is 2.40. The van der Waals surface area contributed by atoms with Crippen molar-refractivity contribution in [2.45, 2.75) is 24.7 Å². The number of aliphatic hydroxyl groups is 2. The van der Waals surface area contributed by atoms with Gasteiger partial charge in [-0.15, -0.1) is 12.3 Å². The molecule has 2 heterocycles. The first-order valence-corrected chi connectivity index (χ1v) is 5.88. The van der Waals surface area contributed by atoms with Gasteiger partial charge in [0, 0.05) is 0 Å². The van der Waals surface area contributed by atoms with Crippen molar-refractivity contribution in [2.24, 2.45) is 5.92 Å². The van der Waals surface area contributed by atoms with Crippen molar-refractivity contribution in [1.82, 2.24) is 19.5 Å². The van der Waals surface area contributed by atoms with Crippen LogP contribution in [0.5, 0.6) is 0 Å². The summed E-state index contributed by atoms with van der Waals surface area (Å²) in [5.41, 5.74) is 6.72. The van der Waals surface area contributed by atoms with Gasteiger partial charge in [0.2, 0.25) is 0 Å². The number of anilines is 1. The molecule has 0 spiro atoms. The lowest BCUT2D eigenvalue weighted by atomic mass is 10.1. The number of nitrogen functional groups attached to an aromatic ring is 1. The van der Waals surface area contributed by atoms with Gasteiger partial charge < -0.3 is 20.5 Å². The highest BCUT2D eigenvalue weighted by Gasteiger charge is 2.42. The van der Waals surface area contributed by atoms with Gasteiger partial charge in [0.05, 0.1) is 24.4 Å². The second-order valence-corrected chi connectivity index (χ2v) is 4.64. The van der Waals surface area contributed by atoms with Gasteiger partial charge in [-0.25, -0.2) is 15.0 Å². The van der Waals surface area contributed by atoms with E-state index >= 15 is 0 Å². The first kappa shape index (κ1) is 11.9. The van der Waals surface area contributed by atoms with Crippen molar-refractivity contribution in [3.8, 4) is 12.3 Å². The molecule has 0 aliphatic heterocycles. The molecule has 1 aliphatic rings. The minimum atomic E-state index is -0.949. The standard InChI is InChI=1S/C12H13N5O2/c1-2-6-3-7(10(19)9(6)18)17-5-16-8-11(13)14-4-15-12(8)17/h1,4-7,9-10,18-19H,3H2,(H2,13,14,15)/t6?,7?,9-,10?/m1/s1. The fourth-order valence-corrected chi connectivity index (χ4v) is 2.56. The lowest BCUT2D eigenvalue weighted by Crippen LogP contribution is -2.29. The smallest absolute Gasteiger partial charge is 0.165 e. The van der Waals surface area contributed by atoms with Crippen LogP contribution in [0.2, 0.25) is 0 Å². The Morgan fingerprint density at radius 2 is 2.11 bits per heavy atom. The summed E-state index contributed by atoms with van der Waals surface area (Å²) in [6.45, 7) is 0. The number of imidazole rings is 1. The van der Waals surface area contributed by atoms with Gasteiger partial charge in [0.15, 0.2) is 11.5 Å². The van der Waals surface area contributed by atoms with Gasteiger partial charge in [-0.05, 0) is 6.42 Å². The van der Waals surface area contributed by atoms with Crippen LogP contribution in [0.15, 0.2) is 12.7 Å². The number of hydrogen-bond donors (Lipinski definition) is 3. The molecule has 2 aromatic heterocycles. The minimum absolute atomic E-state index is 0.283. The van der Waals surface area contributed by atoms with Gasteiger partial charge in [-0.2, -0.15) is 0 Å². The summed E-state index contributed by atoms with van der Waals surface area (Å²) in [6.07, 6.45) is 6.80. The molecule has 0 amide bonds. The Balaban J connectivity index is 2.07. The molecule has 1 aliphatic carbocycles. The molecule has 7 heteroatoms. The first-order chi connectivity index (χ1) is 9.13. The zero-order valence-corrected chi connectivity index (χ0v) is 10.0. The summed E-state index contributed by atoms with van der Waals surface area (Å²) >= 11 is 0. The average Bonchev–Trinajstić information content (AvgIpc) is 2.94. The third kappa shape index (κ3) is 1.65. The van der Waals surface area contributed by atoms with Crippen LogP contribution in [0.25, 0.3) is 11.2 Å². The van der Waals surface area contributed by atoms with Crippen LogP contribution in [-0.4, -0.2) is 41.9 Å². The molecule has 0 aromatic carbocycles. The molecule has 4 N–H and O–H groups in total. The molecule has 0 saturated heterocycles. The van der Waals surface area contributed by atoms with Gasteiger partial charge in [0.25, 0.3) is 0 Å². The molecule has 2 aromatic rings. The number of nitrogens with zero attached hydrogens (tertiary/aromatic N) is 4. The molecule has 1 fully saturated rings. The van der Waals surface area contributed by atoms with Crippen LogP contribution in [0.1, 0.15) is 12.5 Å². The predicted octanol–water partition coefficient (Wildman–Crippen LogP) is -0.676. The van der Waals surface area contributed by atoms with Crippen LogP contribution >= 0.6 is 0 Å². The molecular formula is C12H13N5O2. The van der Waals surface area contributed by atoms with E-state index in [1.54, 1.807) is 4.57 Å². The number of terminal acetylenes is 1. The Morgan fingerprint density at radius 3 is 2.79 bits per heavy atom. The topological polar surface area (TPSA) is 110 Å². The number of rotatable bonds is 1. The van der Waals surface area contributed by atoms with Crippen molar-refractivity contribution >= 4 is 17.0 Å². The molecule has 4 atom stereocenters. The van der Waals surface area contributed by atoms with E-state index in [1.807, 2.05) is 0 Å². The fourth-order valence-electron chi connectivity index (χ4n) is 2.56. The van der Waals surface area contributed by atoms with Gasteiger partial charge in [0.1, 0.15) is 17.9 Å². The first-order valence-electron chi connectivity index (χ1n) is 5.88. The maximum atomic E-state index is 10.1. The zero-order valence-electron chi connectivity index (χ0n) is 10.0. The van der Waals surface area contributed by atoms with Crippen LogP contribution in [0.4, 0.5) is 5.82 Å². The highest BCUT2D eigenvalue weighted by molar-refractivity contribution is 5.81. The minimum Gasteiger partial charge on any atom is -0.389 e. The highest BCUT2D eigenvalue weighted by Crippen LogP contribution is 2.36. The second-order valence-electron chi connectivity index (χ2n) is 4.64. The second kappa shape index (κ2) is 4.19. The maximum Gasteiger partial charge on any atom is 0.165 e. The quantitative estimate of drug-likeness (QED) is 0.585. The van der Waals surface area contributed by atoms with E-state index in [1.165, 1.54) is 12.7 Å². The zero-order chi connectivity index (χ0) is 13.6. The highest BCUT2D eigenvalue weighted by atomic mass is 16.3. The van der Waals surface area contributed by atoms with Crippen LogP contribution in [0.3, 0.4) is 0 Å². The van der Waals surface area contributed by atoms with E-state index in [0.717, 1.165) is 0 Å². The fraction of sp³-hybridized carbons (Fsp3) is 0.417. The SMILES string of the molecule is C#CC1CC(n2cnc3c(N)ncnc32)C(O)[C@@H]1O. The van der Waals surface area contributed by atoms with Crippen LogP contribution in [0, 0.1) is 18.3 Å². The summed E-state index contributed by atoms with van der Waals surface area (Å²) < 4.78 is 1.69. The van der Waals surface area contributed by atoms with Gasteiger partial charge in [-0.3, -0.25) is 0 Å². The van der Waals surface area contributed by atoms with Crippen LogP contribution in [-0.2, 0) is 0 Å². The Labute approximate surface area is 109 Å². The third-order valence-corrected chi connectivity index (χ3v) is 3.61. The Hall–Kier alpha value is -2.17. The summed E-state index contributed by atoms with van der Waals surface area (Å²) in [5, 5.41) is 20.0. The number of aromatic nitrogens is 4. The average molecular weight is 259 g/mol. The monoisotopic (exact) mass is 259 g/mol. The maximum absolute atomic E-state index is 10.1. The van der Waals surface area contributed by atoms with E-state index in [9.17, 15) is 10.2 Å². The normalized spacial score (nSPS) is 30.6. The Kier molecular flexibility index (Phi) is 2.62. The van der Waals surface area contributed by atoms with E-state index in [0.29, 0.717) is 17.6 Å². The summed E-state index contributed by atoms with van der Waals surface area (Å²) in [6, 6.07) is -0.365. The van der Waals surface area contributed by atoms with Crippen molar-refractivity contribution in [2.75, 3.05) is 5.73 Å². The largest absolute Gasteiger partial charge is 0.389 e. The molecule has 0 radical (unpaired) electrons. The van der Waals surface area contributed by atoms with Gasteiger partial charge in [-0.1, -0.05) is 0 Å². The number of hydrogen-bond acceptors (Lipinski definition) is 6. The third-order valence-electron chi connectivity index (χ3n) is 3.61. The number of fused-ring (bicyclic) bond motifs is 1. The summed E-state index contributed by atoms with van der Waals surface area (Å²) in [7, 11) is 0. The van der Waals surface area contributed by atoms with Crippen molar-refractivity contribution in [1.29, 1.82) is 0 Å². The molecule has 1 saturated carbocycles. The molecular weight excluding hydrogens is 246 g/mol.